The average Bonchev–Trinajstić information content (AvgIpc) is 3.27. The zero-order valence-corrected chi connectivity index (χ0v) is 16.9. The molecule has 0 spiro atoms. The fourth-order valence-electron chi connectivity index (χ4n) is 2.38. The summed E-state index contributed by atoms with van der Waals surface area (Å²) < 4.78 is 6.75. The van der Waals surface area contributed by atoms with Gasteiger partial charge in [0, 0.05) is 10.9 Å². The number of aromatic nitrogens is 4. The van der Waals surface area contributed by atoms with E-state index in [2.05, 4.69) is 25.9 Å². The molecule has 3 aromatic rings. The van der Waals surface area contributed by atoms with Crippen molar-refractivity contribution in [2.45, 2.75) is 45.9 Å². The number of nitrogens with zero attached hydrogens (tertiary/aromatic N) is 4. The molecule has 10 heteroatoms. The van der Waals surface area contributed by atoms with Gasteiger partial charge in [-0.05, 0) is 51.3 Å². The van der Waals surface area contributed by atoms with Crippen LogP contribution in [0.25, 0.3) is 16.9 Å². The van der Waals surface area contributed by atoms with Crippen LogP contribution in [0, 0.1) is 0 Å². The second-order valence-corrected chi connectivity index (χ2v) is 7.98. The van der Waals surface area contributed by atoms with E-state index in [1.807, 2.05) is 29.0 Å². The Hall–Kier alpha value is -3.01. The third kappa shape index (κ3) is 4.83. The minimum absolute atomic E-state index is 0.125. The van der Waals surface area contributed by atoms with Crippen molar-refractivity contribution in [3.05, 3.63) is 34.8 Å². The van der Waals surface area contributed by atoms with Crippen LogP contribution in [0.3, 0.4) is 0 Å². The van der Waals surface area contributed by atoms with E-state index < -0.39 is 17.7 Å². The van der Waals surface area contributed by atoms with Crippen LogP contribution in [0.15, 0.2) is 29.0 Å². The molecule has 0 aliphatic heterocycles. The molecule has 0 aliphatic carbocycles. The van der Waals surface area contributed by atoms with E-state index in [4.69, 9.17) is 4.74 Å². The molecule has 28 heavy (non-hydrogen) atoms. The molecule has 0 saturated carbocycles. The predicted molar refractivity (Wildman–Crippen MR) is 105 cm³/mol. The van der Waals surface area contributed by atoms with Gasteiger partial charge in [-0.2, -0.15) is 21.0 Å². The van der Waals surface area contributed by atoms with Crippen molar-refractivity contribution in [1.82, 2.24) is 30.4 Å². The highest BCUT2D eigenvalue weighted by molar-refractivity contribution is 7.08. The lowest BCUT2D eigenvalue weighted by molar-refractivity contribution is -0.123. The average molecular weight is 402 g/mol. The number of nitrogens with one attached hydrogen (secondary N) is 2. The molecule has 3 aromatic heterocycles. The SMILES string of the molecule is C[C@@H](NC(=O)OC(C)(C)C)C(=O)NCc1nnc2ccc(-c3ccsc3)nn12. The highest BCUT2D eigenvalue weighted by Crippen LogP contribution is 2.20. The number of rotatable bonds is 5. The Morgan fingerprint density at radius 3 is 2.71 bits per heavy atom. The van der Waals surface area contributed by atoms with Gasteiger partial charge in [0.15, 0.2) is 11.5 Å². The summed E-state index contributed by atoms with van der Waals surface area (Å²) in [4.78, 5) is 24.1. The predicted octanol–water partition coefficient (Wildman–Crippen LogP) is 2.38. The Labute approximate surface area is 166 Å². The number of amides is 2. The first-order valence-corrected chi connectivity index (χ1v) is 9.68. The molecule has 0 aliphatic rings. The van der Waals surface area contributed by atoms with E-state index in [0.717, 1.165) is 11.3 Å². The summed E-state index contributed by atoms with van der Waals surface area (Å²) in [7, 11) is 0. The Morgan fingerprint density at radius 2 is 2.04 bits per heavy atom. The summed E-state index contributed by atoms with van der Waals surface area (Å²) in [6, 6.07) is 4.92. The maximum atomic E-state index is 12.3. The van der Waals surface area contributed by atoms with Crippen LogP contribution < -0.4 is 10.6 Å². The molecular weight excluding hydrogens is 380 g/mol. The number of fused-ring (bicyclic) bond motifs is 1. The Balaban J connectivity index is 1.64. The molecule has 9 nitrogen and oxygen atoms in total. The van der Waals surface area contributed by atoms with Crippen molar-refractivity contribution in [1.29, 1.82) is 0 Å². The standard InChI is InChI=1S/C18H22N6O3S/c1-11(20-17(26)27-18(2,3)4)16(25)19-9-15-22-21-14-6-5-13(23-24(14)15)12-7-8-28-10-12/h5-8,10-11H,9H2,1-4H3,(H,19,25)(H,20,26)/t11-/m1/s1. The molecule has 0 bridgehead atoms. The maximum absolute atomic E-state index is 12.3. The van der Waals surface area contributed by atoms with Gasteiger partial charge in [0.2, 0.25) is 5.91 Å². The molecular formula is C18H22N6O3S. The Kier molecular flexibility index (Phi) is 5.59. The number of carbonyl (C=O) groups is 2. The molecule has 0 fully saturated rings. The Morgan fingerprint density at radius 1 is 1.25 bits per heavy atom. The third-order valence-electron chi connectivity index (χ3n) is 3.69. The first-order chi connectivity index (χ1) is 13.2. The fourth-order valence-corrected chi connectivity index (χ4v) is 3.03. The van der Waals surface area contributed by atoms with Gasteiger partial charge in [-0.15, -0.1) is 10.2 Å². The molecule has 2 amide bonds. The Bertz CT molecular complexity index is 977. The minimum Gasteiger partial charge on any atom is -0.444 e. The number of carbonyl (C=O) groups excluding carboxylic acids is 2. The molecule has 3 heterocycles. The molecule has 0 radical (unpaired) electrons. The van der Waals surface area contributed by atoms with Gasteiger partial charge in [0.05, 0.1) is 12.2 Å². The number of thiophene rings is 1. The van der Waals surface area contributed by atoms with E-state index in [9.17, 15) is 9.59 Å². The van der Waals surface area contributed by atoms with Crippen LogP contribution in [-0.2, 0) is 16.1 Å². The van der Waals surface area contributed by atoms with Crippen LogP contribution in [0.5, 0.6) is 0 Å². The largest absolute Gasteiger partial charge is 0.444 e. The van der Waals surface area contributed by atoms with Gasteiger partial charge in [-0.3, -0.25) is 4.79 Å². The van der Waals surface area contributed by atoms with Crippen LogP contribution in [-0.4, -0.2) is 43.5 Å². The second-order valence-electron chi connectivity index (χ2n) is 7.20. The number of alkyl carbamates (subject to hydrolysis) is 1. The smallest absolute Gasteiger partial charge is 0.408 e. The van der Waals surface area contributed by atoms with E-state index in [-0.39, 0.29) is 12.5 Å². The van der Waals surface area contributed by atoms with Gasteiger partial charge in [0.1, 0.15) is 11.6 Å². The van der Waals surface area contributed by atoms with E-state index in [0.29, 0.717) is 11.5 Å². The monoisotopic (exact) mass is 402 g/mol. The van der Waals surface area contributed by atoms with Crippen molar-refractivity contribution >= 4 is 29.0 Å². The zero-order chi connectivity index (χ0) is 20.3. The summed E-state index contributed by atoms with van der Waals surface area (Å²) >= 11 is 1.59. The lowest BCUT2D eigenvalue weighted by atomic mass is 10.2. The van der Waals surface area contributed by atoms with Gasteiger partial charge < -0.3 is 15.4 Å². The normalized spacial score (nSPS) is 12.6. The first kappa shape index (κ1) is 19.7. The van der Waals surface area contributed by atoms with Crippen molar-refractivity contribution in [2.75, 3.05) is 0 Å². The molecule has 2 N–H and O–H groups in total. The number of hydrogen-bond acceptors (Lipinski definition) is 7. The topological polar surface area (TPSA) is 111 Å². The zero-order valence-electron chi connectivity index (χ0n) is 16.1. The quantitative estimate of drug-likeness (QED) is 0.678. The van der Waals surface area contributed by atoms with E-state index in [1.54, 1.807) is 43.5 Å². The number of ether oxygens (including phenoxy) is 1. The second kappa shape index (κ2) is 7.93. The number of hydrogen-bond donors (Lipinski definition) is 2. The minimum atomic E-state index is -0.761. The molecule has 0 aromatic carbocycles. The molecule has 0 saturated heterocycles. The molecule has 0 unspecified atom stereocenters. The summed E-state index contributed by atoms with van der Waals surface area (Å²) in [6.45, 7) is 6.97. The highest BCUT2D eigenvalue weighted by atomic mass is 32.1. The summed E-state index contributed by atoms with van der Waals surface area (Å²) in [5, 5.41) is 21.9. The van der Waals surface area contributed by atoms with E-state index in [1.165, 1.54) is 0 Å². The van der Waals surface area contributed by atoms with Crippen LogP contribution >= 0.6 is 11.3 Å². The molecule has 148 valence electrons. The lowest BCUT2D eigenvalue weighted by Gasteiger charge is -2.21. The van der Waals surface area contributed by atoms with Crippen molar-refractivity contribution in [3.8, 4) is 11.3 Å². The van der Waals surface area contributed by atoms with Gasteiger partial charge in [-0.1, -0.05) is 0 Å². The van der Waals surface area contributed by atoms with E-state index >= 15 is 0 Å². The van der Waals surface area contributed by atoms with Gasteiger partial charge in [0.25, 0.3) is 0 Å². The summed E-state index contributed by atoms with van der Waals surface area (Å²) in [6.07, 6.45) is -0.648. The summed E-state index contributed by atoms with van der Waals surface area (Å²) in [5.41, 5.74) is 1.75. The molecule has 1 atom stereocenters. The van der Waals surface area contributed by atoms with Gasteiger partial charge >= 0.3 is 6.09 Å². The highest BCUT2D eigenvalue weighted by Gasteiger charge is 2.21. The first-order valence-electron chi connectivity index (χ1n) is 8.74. The van der Waals surface area contributed by atoms with Crippen molar-refractivity contribution < 1.29 is 14.3 Å². The lowest BCUT2D eigenvalue weighted by Crippen LogP contribution is -2.46. The van der Waals surface area contributed by atoms with Gasteiger partial charge in [-0.25, -0.2) is 4.79 Å². The third-order valence-corrected chi connectivity index (χ3v) is 4.37. The maximum Gasteiger partial charge on any atom is 0.408 e. The van der Waals surface area contributed by atoms with Crippen molar-refractivity contribution in [3.63, 3.8) is 0 Å². The van der Waals surface area contributed by atoms with Crippen LogP contribution in [0.2, 0.25) is 0 Å². The van der Waals surface area contributed by atoms with Crippen LogP contribution in [0.4, 0.5) is 4.79 Å². The fraction of sp³-hybridized carbons (Fsp3) is 0.389. The van der Waals surface area contributed by atoms with Crippen molar-refractivity contribution in [2.24, 2.45) is 0 Å². The van der Waals surface area contributed by atoms with Crippen LogP contribution in [0.1, 0.15) is 33.5 Å². The molecule has 3 rings (SSSR count). The summed E-state index contributed by atoms with van der Waals surface area (Å²) in [5.74, 6) is 0.126.